The second-order valence-corrected chi connectivity index (χ2v) is 6.49. The van der Waals surface area contributed by atoms with Crippen molar-refractivity contribution in [3.05, 3.63) is 59.7 Å². The molecule has 0 heterocycles. The Kier molecular flexibility index (Phi) is 7.30. The first kappa shape index (κ1) is 20.4. The van der Waals surface area contributed by atoms with Crippen LogP contribution in [0.25, 0.3) is 0 Å². The molecule has 9 heteroatoms. The highest BCUT2D eigenvalue weighted by Gasteiger charge is 2.09. The van der Waals surface area contributed by atoms with Crippen molar-refractivity contribution in [2.45, 2.75) is 11.3 Å². The van der Waals surface area contributed by atoms with Crippen LogP contribution in [-0.2, 0) is 14.3 Å². The molecule has 0 fully saturated rings. The SMILES string of the molecule is NC(=O)c1ccc(NC(=O)COC(=O)CCSc2ccc(F)c(F)c2)cc1. The van der Waals surface area contributed by atoms with Crippen molar-refractivity contribution in [3.8, 4) is 0 Å². The third kappa shape index (κ3) is 6.70. The van der Waals surface area contributed by atoms with Gasteiger partial charge in [-0.05, 0) is 42.5 Å². The van der Waals surface area contributed by atoms with Gasteiger partial charge in [0.25, 0.3) is 5.91 Å². The molecule has 0 aliphatic carbocycles. The van der Waals surface area contributed by atoms with Crippen LogP contribution in [0.4, 0.5) is 14.5 Å². The van der Waals surface area contributed by atoms with E-state index < -0.39 is 36.0 Å². The highest BCUT2D eigenvalue weighted by atomic mass is 32.2. The molecule has 0 spiro atoms. The van der Waals surface area contributed by atoms with E-state index in [0.717, 1.165) is 12.1 Å². The average Bonchev–Trinajstić information content (AvgIpc) is 2.63. The maximum atomic E-state index is 13.1. The number of amides is 2. The van der Waals surface area contributed by atoms with Crippen LogP contribution in [0.3, 0.4) is 0 Å². The number of primary amides is 1. The summed E-state index contributed by atoms with van der Waals surface area (Å²) in [5.74, 6) is -3.31. The summed E-state index contributed by atoms with van der Waals surface area (Å²) in [5, 5.41) is 2.51. The van der Waals surface area contributed by atoms with Crippen LogP contribution < -0.4 is 11.1 Å². The number of benzene rings is 2. The van der Waals surface area contributed by atoms with Gasteiger partial charge in [0.2, 0.25) is 5.91 Å². The molecule has 0 aromatic heterocycles. The van der Waals surface area contributed by atoms with E-state index in [-0.39, 0.29) is 6.42 Å². The van der Waals surface area contributed by atoms with Crippen molar-refractivity contribution in [2.24, 2.45) is 5.73 Å². The molecule has 0 aliphatic rings. The number of nitrogens with two attached hydrogens (primary N) is 1. The van der Waals surface area contributed by atoms with Gasteiger partial charge in [0.15, 0.2) is 18.2 Å². The number of hydrogen-bond donors (Lipinski definition) is 2. The van der Waals surface area contributed by atoms with E-state index >= 15 is 0 Å². The molecule has 2 aromatic carbocycles. The van der Waals surface area contributed by atoms with Crippen LogP contribution in [0.15, 0.2) is 47.4 Å². The largest absolute Gasteiger partial charge is 0.456 e. The minimum atomic E-state index is -0.955. The number of nitrogens with one attached hydrogen (secondary N) is 1. The Balaban J connectivity index is 1.69. The van der Waals surface area contributed by atoms with Crippen LogP contribution in [0, 0.1) is 11.6 Å². The van der Waals surface area contributed by atoms with Gasteiger partial charge < -0.3 is 15.8 Å². The maximum Gasteiger partial charge on any atom is 0.307 e. The second kappa shape index (κ2) is 9.67. The predicted octanol–water partition coefficient (Wildman–Crippen LogP) is 2.73. The molecule has 0 radical (unpaired) electrons. The average molecular weight is 394 g/mol. The summed E-state index contributed by atoms with van der Waals surface area (Å²) in [6, 6.07) is 9.37. The number of ether oxygens (including phenoxy) is 1. The first-order valence-corrected chi connectivity index (χ1v) is 8.77. The highest BCUT2D eigenvalue weighted by molar-refractivity contribution is 7.99. The summed E-state index contributed by atoms with van der Waals surface area (Å²) >= 11 is 1.17. The van der Waals surface area contributed by atoms with Gasteiger partial charge in [0.1, 0.15) is 0 Å². The number of halogens is 2. The van der Waals surface area contributed by atoms with Crippen LogP contribution in [0.5, 0.6) is 0 Å². The van der Waals surface area contributed by atoms with Crippen LogP contribution in [-0.4, -0.2) is 30.1 Å². The summed E-state index contributed by atoms with van der Waals surface area (Å²) in [5.41, 5.74) is 5.85. The van der Waals surface area contributed by atoms with Crippen molar-refractivity contribution in [1.29, 1.82) is 0 Å². The maximum absolute atomic E-state index is 13.1. The topological polar surface area (TPSA) is 98.5 Å². The number of rotatable bonds is 8. The predicted molar refractivity (Wildman–Crippen MR) is 96.2 cm³/mol. The van der Waals surface area contributed by atoms with Gasteiger partial charge in [0.05, 0.1) is 6.42 Å². The molecule has 2 amide bonds. The molecule has 27 heavy (non-hydrogen) atoms. The first-order chi connectivity index (χ1) is 12.8. The van der Waals surface area contributed by atoms with E-state index in [0.29, 0.717) is 21.9 Å². The lowest BCUT2D eigenvalue weighted by atomic mass is 10.2. The summed E-state index contributed by atoms with van der Waals surface area (Å²) in [4.78, 5) is 34.8. The molecule has 2 aromatic rings. The van der Waals surface area contributed by atoms with Crippen molar-refractivity contribution >= 4 is 35.2 Å². The lowest BCUT2D eigenvalue weighted by Gasteiger charge is -2.07. The number of anilines is 1. The van der Waals surface area contributed by atoms with E-state index in [1.54, 1.807) is 0 Å². The molecular weight excluding hydrogens is 378 g/mol. The van der Waals surface area contributed by atoms with Crippen LogP contribution in [0.2, 0.25) is 0 Å². The highest BCUT2D eigenvalue weighted by Crippen LogP contribution is 2.21. The fourth-order valence-electron chi connectivity index (χ4n) is 1.95. The fourth-order valence-corrected chi connectivity index (χ4v) is 2.81. The van der Waals surface area contributed by atoms with Crippen molar-refractivity contribution < 1.29 is 27.9 Å². The number of carbonyl (C=O) groups is 3. The Morgan fingerprint density at radius 1 is 1.04 bits per heavy atom. The standard InChI is InChI=1S/C18H16F2N2O4S/c19-14-6-5-13(9-15(14)20)27-8-7-17(24)26-10-16(23)22-12-3-1-11(2-4-12)18(21)25/h1-6,9H,7-8,10H2,(H2,21,25)(H,22,23). The quantitative estimate of drug-likeness (QED) is 0.530. The molecule has 0 unspecified atom stereocenters. The molecule has 3 N–H and O–H groups in total. The number of esters is 1. The zero-order chi connectivity index (χ0) is 19.8. The van der Waals surface area contributed by atoms with Crippen molar-refractivity contribution in [2.75, 3.05) is 17.7 Å². The molecule has 0 bridgehead atoms. The molecular formula is C18H16F2N2O4S. The molecule has 0 atom stereocenters. The minimum Gasteiger partial charge on any atom is -0.456 e. The van der Waals surface area contributed by atoms with Gasteiger partial charge in [-0.25, -0.2) is 8.78 Å². The number of thioether (sulfide) groups is 1. The summed E-state index contributed by atoms with van der Waals surface area (Å²) in [7, 11) is 0. The van der Waals surface area contributed by atoms with Gasteiger partial charge in [-0.3, -0.25) is 14.4 Å². The minimum absolute atomic E-state index is 0.00422. The van der Waals surface area contributed by atoms with E-state index in [2.05, 4.69) is 5.32 Å². The van der Waals surface area contributed by atoms with Gasteiger partial charge in [-0.1, -0.05) is 0 Å². The van der Waals surface area contributed by atoms with Gasteiger partial charge in [-0.2, -0.15) is 0 Å². The van der Waals surface area contributed by atoms with Crippen LogP contribution in [0.1, 0.15) is 16.8 Å². The van der Waals surface area contributed by atoms with Gasteiger partial charge in [-0.15, -0.1) is 11.8 Å². The first-order valence-electron chi connectivity index (χ1n) is 7.78. The number of carbonyl (C=O) groups excluding carboxylic acids is 3. The lowest BCUT2D eigenvalue weighted by molar-refractivity contribution is -0.146. The second-order valence-electron chi connectivity index (χ2n) is 5.32. The zero-order valence-electron chi connectivity index (χ0n) is 14.0. The molecule has 0 saturated carbocycles. The van der Waals surface area contributed by atoms with Crippen molar-refractivity contribution in [3.63, 3.8) is 0 Å². The summed E-state index contributed by atoms with van der Waals surface area (Å²) in [6.07, 6.45) is 0.00422. The Labute approximate surface area is 158 Å². The molecule has 6 nitrogen and oxygen atoms in total. The smallest absolute Gasteiger partial charge is 0.307 e. The monoisotopic (exact) mass is 394 g/mol. The fraction of sp³-hybridized carbons (Fsp3) is 0.167. The molecule has 142 valence electrons. The van der Waals surface area contributed by atoms with Crippen LogP contribution >= 0.6 is 11.8 Å². The van der Waals surface area contributed by atoms with E-state index in [9.17, 15) is 23.2 Å². The Morgan fingerprint density at radius 3 is 2.37 bits per heavy atom. The van der Waals surface area contributed by atoms with Gasteiger partial charge in [0, 0.05) is 21.9 Å². The molecule has 0 saturated heterocycles. The van der Waals surface area contributed by atoms with E-state index in [1.165, 1.54) is 42.1 Å². The lowest BCUT2D eigenvalue weighted by Crippen LogP contribution is -2.21. The summed E-state index contributed by atoms with van der Waals surface area (Å²) in [6.45, 7) is -0.466. The molecule has 0 aliphatic heterocycles. The van der Waals surface area contributed by atoms with Crippen molar-refractivity contribution in [1.82, 2.24) is 0 Å². The third-order valence-corrected chi connectivity index (χ3v) is 4.28. The van der Waals surface area contributed by atoms with E-state index in [4.69, 9.17) is 10.5 Å². The Hall–Kier alpha value is -2.94. The zero-order valence-corrected chi connectivity index (χ0v) is 14.9. The Morgan fingerprint density at radius 2 is 1.74 bits per heavy atom. The normalized spacial score (nSPS) is 10.3. The van der Waals surface area contributed by atoms with E-state index in [1.807, 2.05) is 0 Å². The molecule has 2 rings (SSSR count). The van der Waals surface area contributed by atoms with Gasteiger partial charge >= 0.3 is 5.97 Å². The third-order valence-electron chi connectivity index (χ3n) is 3.28. The number of hydrogen-bond acceptors (Lipinski definition) is 5. The Bertz CT molecular complexity index is 844. The summed E-state index contributed by atoms with van der Waals surface area (Å²) < 4.78 is 30.7.